The smallest absolute Gasteiger partial charge is 0.258 e. The molecule has 35 heavy (non-hydrogen) atoms. The Labute approximate surface area is 206 Å². The van der Waals surface area contributed by atoms with Gasteiger partial charge in [-0.3, -0.25) is 9.89 Å². The number of nitrogens with zero attached hydrogens (tertiary/aromatic N) is 3. The van der Waals surface area contributed by atoms with Crippen LogP contribution in [0.25, 0.3) is 0 Å². The van der Waals surface area contributed by atoms with Crippen LogP contribution in [0.4, 0.5) is 23.0 Å². The van der Waals surface area contributed by atoms with Gasteiger partial charge < -0.3 is 30.9 Å². The number of hydrogen-bond donors (Lipinski definition) is 5. The minimum atomic E-state index is -0.243. The number of carbonyl (C=O) groups is 1. The van der Waals surface area contributed by atoms with Gasteiger partial charge in [0.1, 0.15) is 17.1 Å². The van der Waals surface area contributed by atoms with Crippen LogP contribution < -0.4 is 20.9 Å². The number of aromatic hydroxyl groups is 1. The average molecular weight is 478 g/mol. The highest BCUT2D eigenvalue weighted by Crippen LogP contribution is 2.29. The summed E-state index contributed by atoms with van der Waals surface area (Å²) in [5.74, 6) is 1.05. The number of carbonyl (C=O) groups excluding carboxylic acids is 1. The quantitative estimate of drug-likeness (QED) is 0.354. The lowest BCUT2D eigenvalue weighted by Gasteiger charge is -2.35. The number of aryl methyl sites for hydroxylation is 3. The third kappa shape index (κ3) is 5.35. The van der Waals surface area contributed by atoms with Gasteiger partial charge in [-0.1, -0.05) is 12.1 Å². The first-order valence-electron chi connectivity index (χ1n) is 11.9. The summed E-state index contributed by atoms with van der Waals surface area (Å²) >= 11 is 0. The first kappa shape index (κ1) is 24.4. The Bertz CT molecular complexity index is 1190. The number of nitrogens with one attached hydrogen (secondary N) is 4. The molecule has 1 aromatic heterocycles. The van der Waals surface area contributed by atoms with E-state index in [4.69, 9.17) is 0 Å². The molecule has 1 saturated heterocycles. The molecule has 0 atom stereocenters. The van der Waals surface area contributed by atoms with Crippen molar-refractivity contribution in [2.75, 3.05) is 55.8 Å². The third-order valence-corrected chi connectivity index (χ3v) is 6.54. The normalized spacial score (nSPS) is 14.1. The standard InChI is InChI=1S/C26H35N7O2/c1-16-14-20(6-7-21(16)33-10-8-32(5)9-11-33)29-25-22(26(35)27-4)24(30-31-25)28-15-19-12-17(2)23(34)18(3)13-19/h6-7,12-14,34H,8-11,15H2,1-5H3,(H,27,35)(H3,28,29,30,31). The lowest BCUT2D eigenvalue weighted by Crippen LogP contribution is -2.44. The minimum Gasteiger partial charge on any atom is -0.507 e. The molecule has 186 valence electrons. The van der Waals surface area contributed by atoms with Crippen LogP contribution in [0.3, 0.4) is 0 Å². The molecular weight excluding hydrogens is 442 g/mol. The number of phenols is 1. The highest BCUT2D eigenvalue weighted by molar-refractivity contribution is 6.04. The van der Waals surface area contributed by atoms with Crippen molar-refractivity contribution in [1.29, 1.82) is 0 Å². The van der Waals surface area contributed by atoms with Crippen LogP contribution >= 0.6 is 0 Å². The third-order valence-electron chi connectivity index (χ3n) is 6.54. The topological polar surface area (TPSA) is 109 Å². The molecule has 1 aliphatic rings. The number of H-pyrrole nitrogens is 1. The number of piperazine rings is 1. The summed E-state index contributed by atoms with van der Waals surface area (Å²) in [4.78, 5) is 17.5. The van der Waals surface area contributed by atoms with E-state index in [0.29, 0.717) is 29.5 Å². The Morgan fingerprint density at radius 3 is 2.37 bits per heavy atom. The maximum atomic E-state index is 12.7. The van der Waals surface area contributed by atoms with Gasteiger partial charge in [0.05, 0.1) is 0 Å². The van der Waals surface area contributed by atoms with E-state index in [1.165, 1.54) is 11.3 Å². The fraction of sp³-hybridized carbons (Fsp3) is 0.385. The predicted molar refractivity (Wildman–Crippen MR) is 141 cm³/mol. The van der Waals surface area contributed by atoms with Gasteiger partial charge in [0.15, 0.2) is 5.82 Å². The number of phenolic OH excluding ortho intramolecular Hbond substituents is 1. The molecule has 0 saturated carbocycles. The second-order valence-electron chi connectivity index (χ2n) is 9.25. The number of amides is 1. The fourth-order valence-electron chi connectivity index (χ4n) is 4.52. The lowest BCUT2D eigenvalue weighted by atomic mass is 10.1. The van der Waals surface area contributed by atoms with Gasteiger partial charge in [-0.2, -0.15) is 5.10 Å². The molecule has 1 amide bonds. The van der Waals surface area contributed by atoms with E-state index >= 15 is 0 Å². The number of aromatic nitrogens is 2. The molecule has 1 aliphatic heterocycles. The highest BCUT2D eigenvalue weighted by Gasteiger charge is 2.21. The second-order valence-corrected chi connectivity index (χ2v) is 9.25. The first-order valence-corrected chi connectivity index (χ1v) is 11.9. The summed E-state index contributed by atoms with van der Waals surface area (Å²) in [5, 5.41) is 26.6. The number of benzene rings is 2. The van der Waals surface area contributed by atoms with Crippen molar-refractivity contribution in [1.82, 2.24) is 20.4 Å². The maximum Gasteiger partial charge on any atom is 0.258 e. The van der Waals surface area contributed by atoms with E-state index in [-0.39, 0.29) is 5.91 Å². The maximum absolute atomic E-state index is 12.7. The van der Waals surface area contributed by atoms with Crippen LogP contribution in [0.5, 0.6) is 5.75 Å². The summed E-state index contributed by atoms with van der Waals surface area (Å²) in [6.07, 6.45) is 0. The van der Waals surface area contributed by atoms with Crippen LogP contribution in [0.15, 0.2) is 30.3 Å². The molecule has 0 bridgehead atoms. The summed E-state index contributed by atoms with van der Waals surface area (Å²) in [5.41, 5.74) is 6.33. The van der Waals surface area contributed by atoms with Gasteiger partial charge in [-0.05, 0) is 68.3 Å². The Morgan fingerprint density at radius 1 is 1.06 bits per heavy atom. The number of likely N-dealkylation sites (N-methyl/N-ethyl adjacent to an activating group) is 1. The molecule has 2 heterocycles. The average Bonchev–Trinajstić information content (AvgIpc) is 3.23. The molecule has 4 rings (SSSR count). The molecular formula is C26H35N7O2. The van der Waals surface area contributed by atoms with E-state index in [2.05, 4.69) is 62.1 Å². The predicted octanol–water partition coefficient (Wildman–Crippen LogP) is 3.51. The summed E-state index contributed by atoms with van der Waals surface area (Å²) in [6.45, 7) is 10.5. The fourth-order valence-corrected chi connectivity index (χ4v) is 4.52. The van der Waals surface area contributed by atoms with Crippen molar-refractivity contribution in [3.63, 3.8) is 0 Å². The SMILES string of the molecule is CNC(=O)c1c(NCc2cc(C)c(O)c(C)c2)n[nH]c1Nc1ccc(N2CCN(C)CC2)c(C)c1. The molecule has 9 heteroatoms. The zero-order chi connectivity index (χ0) is 25.1. The Hall–Kier alpha value is -3.72. The number of rotatable bonds is 7. The van der Waals surface area contributed by atoms with E-state index in [1.54, 1.807) is 7.05 Å². The van der Waals surface area contributed by atoms with Gasteiger partial charge in [-0.25, -0.2) is 0 Å². The van der Waals surface area contributed by atoms with Crippen LogP contribution in [0.1, 0.15) is 32.6 Å². The Balaban J connectivity index is 1.52. The summed E-state index contributed by atoms with van der Waals surface area (Å²) in [6, 6.07) is 10.1. The van der Waals surface area contributed by atoms with E-state index in [0.717, 1.165) is 48.6 Å². The minimum absolute atomic E-state index is 0.243. The molecule has 1 fully saturated rings. The Kier molecular flexibility index (Phi) is 7.16. The van der Waals surface area contributed by atoms with Crippen molar-refractivity contribution in [3.05, 3.63) is 58.1 Å². The zero-order valence-corrected chi connectivity index (χ0v) is 21.1. The summed E-state index contributed by atoms with van der Waals surface area (Å²) in [7, 11) is 3.76. The molecule has 5 N–H and O–H groups in total. The van der Waals surface area contributed by atoms with Crippen molar-refractivity contribution in [2.45, 2.75) is 27.3 Å². The molecule has 0 spiro atoms. The largest absolute Gasteiger partial charge is 0.507 e. The van der Waals surface area contributed by atoms with Crippen LogP contribution in [-0.4, -0.2) is 66.4 Å². The van der Waals surface area contributed by atoms with Crippen molar-refractivity contribution in [3.8, 4) is 5.75 Å². The van der Waals surface area contributed by atoms with E-state index < -0.39 is 0 Å². The van der Waals surface area contributed by atoms with Gasteiger partial charge in [-0.15, -0.1) is 0 Å². The van der Waals surface area contributed by atoms with Gasteiger partial charge in [0, 0.05) is 51.1 Å². The van der Waals surface area contributed by atoms with Crippen molar-refractivity contribution < 1.29 is 9.90 Å². The molecule has 0 radical (unpaired) electrons. The van der Waals surface area contributed by atoms with Crippen LogP contribution in [0, 0.1) is 20.8 Å². The molecule has 2 aromatic carbocycles. The van der Waals surface area contributed by atoms with E-state index in [1.807, 2.05) is 32.0 Å². The first-order chi connectivity index (χ1) is 16.8. The lowest BCUT2D eigenvalue weighted by molar-refractivity contribution is 0.0964. The number of anilines is 4. The molecule has 0 aliphatic carbocycles. The van der Waals surface area contributed by atoms with Gasteiger partial charge >= 0.3 is 0 Å². The summed E-state index contributed by atoms with van der Waals surface area (Å²) < 4.78 is 0. The second kappa shape index (κ2) is 10.3. The number of aromatic amines is 1. The zero-order valence-electron chi connectivity index (χ0n) is 21.1. The number of hydrogen-bond acceptors (Lipinski definition) is 7. The van der Waals surface area contributed by atoms with Crippen molar-refractivity contribution in [2.24, 2.45) is 0 Å². The molecule has 0 unspecified atom stereocenters. The van der Waals surface area contributed by atoms with Gasteiger partial charge in [0.25, 0.3) is 5.91 Å². The monoisotopic (exact) mass is 477 g/mol. The van der Waals surface area contributed by atoms with E-state index in [9.17, 15) is 9.90 Å². The molecule has 9 nitrogen and oxygen atoms in total. The molecule has 3 aromatic rings. The Morgan fingerprint density at radius 2 is 1.74 bits per heavy atom. The van der Waals surface area contributed by atoms with Crippen LogP contribution in [-0.2, 0) is 6.54 Å². The highest BCUT2D eigenvalue weighted by atomic mass is 16.3. The van der Waals surface area contributed by atoms with Gasteiger partial charge in [0.2, 0.25) is 0 Å². The van der Waals surface area contributed by atoms with Crippen molar-refractivity contribution >= 4 is 28.9 Å². The van der Waals surface area contributed by atoms with Crippen LogP contribution in [0.2, 0.25) is 0 Å².